The Morgan fingerprint density at radius 3 is 2.31 bits per heavy atom. The first-order chi connectivity index (χ1) is 7.41. The van der Waals surface area contributed by atoms with Gasteiger partial charge in [-0.25, -0.2) is 0 Å². The molecule has 0 aromatic heterocycles. The van der Waals surface area contributed by atoms with Crippen molar-refractivity contribution in [2.75, 3.05) is 19.0 Å². The number of aryl methyl sites for hydroxylation is 2. The number of azo groups is 1. The topological polar surface area (TPSA) is 51.8 Å². The predicted octanol–water partition coefficient (Wildman–Crippen LogP) is 3.45. The van der Waals surface area contributed by atoms with Gasteiger partial charge in [0.25, 0.3) is 0 Å². The first-order valence-electron chi connectivity index (χ1n) is 5.17. The fourth-order valence-corrected chi connectivity index (χ4v) is 1.50. The van der Waals surface area contributed by atoms with Gasteiger partial charge in [0.1, 0.15) is 5.84 Å². The van der Waals surface area contributed by atoms with E-state index in [1.165, 1.54) is 5.69 Å². The highest BCUT2D eigenvalue weighted by Gasteiger charge is 2.05. The van der Waals surface area contributed by atoms with Crippen molar-refractivity contribution >= 4 is 17.2 Å². The number of rotatable bonds is 2. The molecule has 0 saturated carbocycles. The standard InChI is InChI=1S/C12H18N4/c1-8-7-12(16(4)5)9(2)6-11(8)15-14-10(3)13/h6-7,13H,1-5H3. The largest absolute Gasteiger partial charge is 0.377 e. The SMILES string of the molecule is CC(=N)N=Nc1cc(C)c(N(C)C)cc1C. The molecule has 16 heavy (non-hydrogen) atoms. The van der Waals surface area contributed by atoms with Crippen LogP contribution in [-0.2, 0) is 0 Å². The van der Waals surface area contributed by atoms with Crippen molar-refractivity contribution in [1.82, 2.24) is 0 Å². The summed E-state index contributed by atoms with van der Waals surface area (Å²) in [5.74, 6) is 0.216. The zero-order valence-electron chi connectivity index (χ0n) is 10.5. The second-order valence-electron chi connectivity index (χ2n) is 4.11. The van der Waals surface area contributed by atoms with Gasteiger partial charge >= 0.3 is 0 Å². The zero-order chi connectivity index (χ0) is 12.3. The summed E-state index contributed by atoms with van der Waals surface area (Å²) >= 11 is 0. The first-order valence-corrected chi connectivity index (χ1v) is 5.17. The second-order valence-corrected chi connectivity index (χ2v) is 4.11. The van der Waals surface area contributed by atoms with E-state index >= 15 is 0 Å². The summed E-state index contributed by atoms with van der Waals surface area (Å²) < 4.78 is 0. The molecule has 1 N–H and O–H groups in total. The number of anilines is 1. The van der Waals surface area contributed by atoms with Crippen molar-refractivity contribution in [2.24, 2.45) is 10.2 Å². The molecule has 1 aromatic rings. The molecule has 0 aliphatic heterocycles. The van der Waals surface area contributed by atoms with Gasteiger partial charge in [0, 0.05) is 19.8 Å². The van der Waals surface area contributed by atoms with Gasteiger partial charge < -0.3 is 4.90 Å². The van der Waals surface area contributed by atoms with Gasteiger partial charge in [-0.1, -0.05) is 0 Å². The minimum Gasteiger partial charge on any atom is -0.377 e. The highest BCUT2D eigenvalue weighted by Crippen LogP contribution is 2.28. The van der Waals surface area contributed by atoms with E-state index in [0.29, 0.717) is 0 Å². The van der Waals surface area contributed by atoms with Crippen LogP contribution in [0.1, 0.15) is 18.1 Å². The summed E-state index contributed by atoms with van der Waals surface area (Å²) in [5.41, 5.74) is 4.24. The number of benzene rings is 1. The molecule has 86 valence electrons. The lowest BCUT2D eigenvalue weighted by Gasteiger charge is -2.17. The lowest BCUT2D eigenvalue weighted by Crippen LogP contribution is -2.10. The molecule has 0 radical (unpaired) electrons. The van der Waals surface area contributed by atoms with Crippen LogP contribution in [0.2, 0.25) is 0 Å². The molecule has 4 nitrogen and oxygen atoms in total. The summed E-state index contributed by atoms with van der Waals surface area (Å²) in [7, 11) is 4.04. The summed E-state index contributed by atoms with van der Waals surface area (Å²) in [6.07, 6.45) is 0. The van der Waals surface area contributed by atoms with Crippen molar-refractivity contribution in [3.63, 3.8) is 0 Å². The number of hydrogen-bond acceptors (Lipinski definition) is 3. The number of nitrogens with one attached hydrogen (secondary N) is 1. The molecule has 0 fully saturated rings. The van der Waals surface area contributed by atoms with Crippen LogP contribution < -0.4 is 4.90 Å². The van der Waals surface area contributed by atoms with Crippen LogP contribution in [0.3, 0.4) is 0 Å². The van der Waals surface area contributed by atoms with Crippen molar-refractivity contribution in [3.05, 3.63) is 23.3 Å². The Labute approximate surface area is 96.5 Å². The maximum atomic E-state index is 7.21. The number of amidine groups is 1. The summed E-state index contributed by atoms with van der Waals surface area (Å²) in [4.78, 5) is 2.07. The molecule has 0 saturated heterocycles. The molecule has 4 heteroatoms. The normalized spacial score (nSPS) is 10.8. The predicted molar refractivity (Wildman–Crippen MR) is 68.2 cm³/mol. The number of nitrogens with zero attached hydrogens (tertiary/aromatic N) is 3. The Morgan fingerprint density at radius 2 is 1.81 bits per heavy atom. The molecule has 0 aliphatic rings. The quantitative estimate of drug-likeness (QED) is 0.461. The van der Waals surface area contributed by atoms with Gasteiger partial charge in [0.15, 0.2) is 0 Å². The Kier molecular flexibility index (Phi) is 3.77. The Balaban J connectivity index is 3.15. The highest BCUT2D eigenvalue weighted by molar-refractivity contribution is 5.76. The third kappa shape index (κ3) is 2.89. The summed E-state index contributed by atoms with van der Waals surface area (Å²) in [6.45, 7) is 5.66. The second kappa shape index (κ2) is 4.88. The van der Waals surface area contributed by atoms with Crippen LogP contribution in [0.4, 0.5) is 11.4 Å². The summed E-state index contributed by atoms with van der Waals surface area (Å²) in [5, 5.41) is 15.0. The maximum absolute atomic E-state index is 7.21. The van der Waals surface area contributed by atoms with E-state index < -0.39 is 0 Å². The minimum absolute atomic E-state index is 0.216. The summed E-state index contributed by atoms with van der Waals surface area (Å²) in [6, 6.07) is 4.08. The zero-order valence-corrected chi connectivity index (χ0v) is 10.5. The molecule has 1 rings (SSSR count). The van der Waals surface area contributed by atoms with Crippen molar-refractivity contribution in [3.8, 4) is 0 Å². The van der Waals surface area contributed by atoms with E-state index in [1.54, 1.807) is 6.92 Å². The Bertz CT molecular complexity index is 433. The maximum Gasteiger partial charge on any atom is 0.140 e. The van der Waals surface area contributed by atoms with Crippen LogP contribution in [-0.4, -0.2) is 19.9 Å². The van der Waals surface area contributed by atoms with Gasteiger partial charge in [-0.05, 0) is 44.0 Å². The fourth-order valence-electron chi connectivity index (χ4n) is 1.50. The molecule has 1 aromatic carbocycles. The molecule has 0 atom stereocenters. The van der Waals surface area contributed by atoms with Crippen LogP contribution in [0.15, 0.2) is 22.4 Å². The van der Waals surface area contributed by atoms with E-state index in [2.05, 4.69) is 21.2 Å². The third-order valence-electron chi connectivity index (χ3n) is 2.30. The Hall–Kier alpha value is -1.71. The molecule has 0 amide bonds. The van der Waals surface area contributed by atoms with Crippen molar-refractivity contribution < 1.29 is 0 Å². The smallest absolute Gasteiger partial charge is 0.140 e. The van der Waals surface area contributed by atoms with Gasteiger partial charge in [0.05, 0.1) is 5.69 Å². The molecule has 0 spiro atoms. The molecule has 0 aliphatic carbocycles. The van der Waals surface area contributed by atoms with Crippen molar-refractivity contribution in [2.45, 2.75) is 20.8 Å². The lowest BCUT2D eigenvalue weighted by molar-refractivity contribution is 1.10. The van der Waals surface area contributed by atoms with E-state index in [4.69, 9.17) is 5.41 Å². The van der Waals surface area contributed by atoms with Crippen LogP contribution >= 0.6 is 0 Å². The first kappa shape index (κ1) is 12.4. The van der Waals surface area contributed by atoms with Gasteiger partial charge in [-0.15, -0.1) is 10.2 Å². The van der Waals surface area contributed by atoms with Gasteiger partial charge in [0.2, 0.25) is 0 Å². The molecular weight excluding hydrogens is 200 g/mol. The van der Waals surface area contributed by atoms with Crippen molar-refractivity contribution in [1.29, 1.82) is 5.41 Å². The number of hydrogen-bond donors (Lipinski definition) is 1. The molecule has 0 unspecified atom stereocenters. The van der Waals surface area contributed by atoms with E-state index in [1.807, 2.05) is 34.0 Å². The molecular formula is C12H18N4. The average molecular weight is 218 g/mol. The monoisotopic (exact) mass is 218 g/mol. The average Bonchev–Trinajstić information content (AvgIpc) is 2.18. The van der Waals surface area contributed by atoms with Gasteiger partial charge in [-0.3, -0.25) is 5.41 Å². The molecule has 0 bridgehead atoms. The van der Waals surface area contributed by atoms with E-state index in [0.717, 1.165) is 16.8 Å². The van der Waals surface area contributed by atoms with Crippen LogP contribution in [0, 0.1) is 19.3 Å². The van der Waals surface area contributed by atoms with Gasteiger partial charge in [-0.2, -0.15) is 0 Å². The van der Waals surface area contributed by atoms with Crippen LogP contribution in [0.25, 0.3) is 0 Å². The van der Waals surface area contributed by atoms with E-state index in [9.17, 15) is 0 Å². The van der Waals surface area contributed by atoms with E-state index in [-0.39, 0.29) is 5.84 Å². The fraction of sp³-hybridized carbons (Fsp3) is 0.417. The molecule has 0 heterocycles. The third-order valence-corrected chi connectivity index (χ3v) is 2.30. The lowest BCUT2D eigenvalue weighted by atomic mass is 10.1. The minimum atomic E-state index is 0.216. The highest BCUT2D eigenvalue weighted by atomic mass is 15.1. The Morgan fingerprint density at radius 1 is 1.19 bits per heavy atom. The van der Waals surface area contributed by atoms with Crippen LogP contribution in [0.5, 0.6) is 0 Å².